The number of carboxylic acid groups (broad SMARTS) is 3. The molecule has 0 radical (unpaired) electrons. The molecule has 5 fully saturated rings. The second-order valence-corrected chi connectivity index (χ2v) is 32.2. The van der Waals surface area contributed by atoms with Gasteiger partial charge in [-0.3, -0.25) is 19.2 Å². The molecule has 5 heterocycles. The van der Waals surface area contributed by atoms with Gasteiger partial charge in [0.15, 0.2) is 12.6 Å². The van der Waals surface area contributed by atoms with E-state index < -0.39 is 283 Å². The second kappa shape index (κ2) is 52.8. The maximum Gasteiger partial charge on any atom is 0.364 e. The summed E-state index contributed by atoms with van der Waals surface area (Å²) in [5.41, 5.74) is 0. The summed E-state index contributed by atoms with van der Waals surface area (Å²) in [4.78, 5) is 92.0. The van der Waals surface area contributed by atoms with Crippen LogP contribution in [0.3, 0.4) is 0 Å². The molecule has 0 aromatic carbocycles. The topological polar surface area (TPSA) is 665 Å². The van der Waals surface area contributed by atoms with Crippen molar-refractivity contribution < 1.29 is 183 Å². The van der Waals surface area contributed by atoms with Gasteiger partial charge >= 0.3 is 17.9 Å². The third kappa shape index (κ3) is 30.6. The average Bonchev–Trinajstić information content (AvgIpc) is 0.738. The molecule has 0 bridgehead atoms. The van der Waals surface area contributed by atoms with E-state index in [9.17, 15) is 136 Å². The van der Waals surface area contributed by atoms with Crippen LogP contribution in [0.1, 0.15) is 221 Å². The minimum absolute atomic E-state index is 0.122. The molecule has 0 aliphatic carbocycles. The molecular weight excluding hydrogens is 1600 g/mol. The van der Waals surface area contributed by atoms with E-state index in [0.717, 1.165) is 85.0 Å². The first-order valence-corrected chi connectivity index (χ1v) is 42.3. The van der Waals surface area contributed by atoms with E-state index >= 15 is 0 Å². The van der Waals surface area contributed by atoms with Gasteiger partial charge in [-0.2, -0.15) is 0 Å². The summed E-state index contributed by atoms with van der Waals surface area (Å²) in [7, 11) is 0. The Morgan fingerprint density at radius 2 is 0.833 bits per heavy atom. The standard InChI is InChI=1S/C79H138N4O37/c1-6-8-10-12-14-16-18-20-22-24-26-28-30-32-47(92)46(83-56(97)33-31-29-27-25-23-21-19-17-15-13-11-9-7-2)42-111-72-65(103)64(102)67(55(41-88)113-72)114-73-66(104)71(61(99)52(38-85)112-73)120-79(76(109)110)36-50(95)59(82-45(5)91)70(119-79)63(101)54(40-87)116-78(75(107)108)35-49(94)58(81-44(4)90)69(118-78)62(100)53(39-86)115-77(74(105)106)34-48(93)57(80-43(3)89)68(117-77)60(98)51(96)37-84/h30,32,46-55,57-73,84-88,92-96,98-104H,6-29,31,33-42H2,1-5H3,(H,80,89)(H,81,90)(H,82,91)(H,83,97)(H,105,106)(H,107,108)(H,109,110)/b32-30+/t46-,47+,48?,49?,50?,51+,52?,53+,54+,55?,57+,58+,59+,60+,61-,62+,63+,64+,65?,66?,67+,68?,69?,70?,71-,72+,73-,77+,78+,79-/m0/s1. The number of nitrogens with one attached hydrogen (secondary N) is 4. The number of carbonyl (C=O) groups is 7. The lowest BCUT2D eigenvalue weighted by Crippen LogP contribution is -2.72. The summed E-state index contributed by atoms with van der Waals surface area (Å²) >= 11 is 0. The molecule has 41 nitrogen and oxygen atoms in total. The van der Waals surface area contributed by atoms with Crippen LogP contribution in [0.25, 0.3) is 0 Å². The van der Waals surface area contributed by atoms with E-state index in [4.69, 9.17) is 47.4 Å². The van der Waals surface area contributed by atoms with Gasteiger partial charge in [0.25, 0.3) is 17.4 Å². The highest BCUT2D eigenvalue weighted by Gasteiger charge is 2.64. The van der Waals surface area contributed by atoms with E-state index in [1.54, 1.807) is 6.08 Å². The van der Waals surface area contributed by atoms with Crippen LogP contribution in [0.5, 0.6) is 0 Å². The van der Waals surface area contributed by atoms with Crippen molar-refractivity contribution in [2.45, 2.75) is 403 Å². The molecule has 5 aliphatic heterocycles. The van der Waals surface area contributed by atoms with Crippen LogP contribution in [0.4, 0.5) is 0 Å². The highest BCUT2D eigenvalue weighted by Crippen LogP contribution is 2.43. The first kappa shape index (κ1) is 105. The Kier molecular flexibility index (Phi) is 46.4. The number of aliphatic hydroxyl groups excluding tert-OH is 17. The van der Waals surface area contributed by atoms with Crippen molar-refractivity contribution >= 4 is 41.5 Å². The zero-order valence-corrected chi connectivity index (χ0v) is 69.4. The fraction of sp³-hybridized carbons (Fsp3) is 0.886. The predicted octanol–water partition coefficient (Wildman–Crippen LogP) is -3.27. The van der Waals surface area contributed by atoms with Gasteiger partial charge in [0.1, 0.15) is 104 Å². The van der Waals surface area contributed by atoms with E-state index in [1.807, 2.05) is 0 Å². The number of hydrogen-bond donors (Lipinski definition) is 24. The first-order chi connectivity index (χ1) is 57.0. The van der Waals surface area contributed by atoms with Gasteiger partial charge in [0.2, 0.25) is 23.6 Å². The smallest absolute Gasteiger partial charge is 0.364 e. The van der Waals surface area contributed by atoms with E-state index in [0.29, 0.717) is 12.8 Å². The summed E-state index contributed by atoms with van der Waals surface area (Å²) in [6.07, 6.45) is -25.2. The van der Waals surface area contributed by atoms with Crippen LogP contribution < -0.4 is 21.3 Å². The van der Waals surface area contributed by atoms with Crippen molar-refractivity contribution in [3.8, 4) is 0 Å². The number of rotatable bonds is 57. The number of amides is 4. The largest absolute Gasteiger partial charge is 0.477 e. The number of allylic oxidation sites excluding steroid dienone is 1. The quantitative estimate of drug-likeness (QED) is 0.0210. The molecule has 0 spiro atoms. The molecule has 5 rings (SSSR count). The summed E-state index contributed by atoms with van der Waals surface area (Å²) < 4.78 is 58.1. The van der Waals surface area contributed by atoms with Gasteiger partial charge < -0.3 is 171 Å². The summed E-state index contributed by atoms with van der Waals surface area (Å²) in [6.45, 7) is -0.104. The molecule has 5 aliphatic rings. The highest BCUT2D eigenvalue weighted by molar-refractivity contribution is 5.79. The molecule has 24 N–H and O–H groups in total. The Morgan fingerprint density at radius 3 is 1.23 bits per heavy atom. The average molecular weight is 1740 g/mol. The van der Waals surface area contributed by atoms with Gasteiger partial charge in [0.05, 0.1) is 88.2 Å². The van der Waals surface area contributed by atoms with Crippen LogP contribution in [-0.2, 0) is 80.9 Å². The first-order valence-electron chi connectivity index (χ1n) is 42.3. The van der Waals surface area contributed by atoms with E-state index in [1.165, 1.54) is 89.5 Å². The number of ether oxygens (including phenoxy) is 10. The fourth-order valence-electron chi connectivity index (χ4n) is 15.8. The Bertz CT molecular complexity index is 3060. The molecule has 120 heavy (non-hydrogen) atoms. The zero-order chi connectivity index (χ0) is 89.2. The van der Waals surface area contributed by atoms with Crippen LogP contribution in [0.15, 0.2) is 12.2 Å². The predicted molar refractivity (Wildman–Crippen MR) is 415 cm³/mol. The minimum Gasteiger partial charge on any atom is -0.477 e. The number of aliphatic carboxylic acids is 3. The Labute approximate surface area is 698 Å². The van der Waals surface area contributed by atoms with Crippen molar-refractivity contribution in [3.63, 3.8) is 0 Å². The lowest BCUT2D eigenvalue weighted by Gasteiger charge is -2.51. The van der Waals surface area contributed by atoms with Crippen molar-refractivity contribution in [2.24, 2.45) is 0 Å². The van der Waals surface area contributed by atoms with Gasteiger partial charge in [-0.1, -0.05) is 167 Å². The van der Waals surface area contributed by atoms with Gasteiger partial charge in [0, 0.05) is 46.5 Å². The lowest BCUT2D eigenvalue weighted by atomic mass is 9.86. The van der Waals surface area contributed by atoms with Crippen molar-refractivity contribution in [3.05, 3.63) is 12.2 Å². The molecule has 41 heteroatoms. The third-order valence-corrected chi connectivity index (χ3v) is 22.5. The fourth-order valence-corrected chi connectivity index (χ4v) is 15.8. The lowest BCUT2D eigenvalue weighted by molar-refractivity contribution is -0.388. The van der Waals surface area contributed by atoms with Crippen LogP contribution in [-0.4, -0.2) is 366 Å². The van der Waals surface area contributed by atoms with Crippen molar-refractivity contribution in [1.29, 1.82) is 0 Å². The highest BCUT2D eigenvalue weighted by atomic mass is 16.8. The summed E-state index contributed by atoms with van der Waals surface area (Å²) in [5.74, 6) is -20.6. The summed E-state index contributed by atoms with van der Waals surface area (Å²) in [6, 6.07) is -7.02. The molecule has 10 unspecified atom stereocenters. The Morgan fingerprint density at radius 1 is 0.450 bits per heavy atom. The number of aliphatic hydroxyl groups is 17. The third-order valence-electron chi connectivity index (χ3n) is 22.5. The number of hydrogen-bond acceptors (Lipinski definition) is 34. The number of carboxylic acids is 3. The van der Waals surface area contributed by atoms with Crippen LogP contribution in [0.2, 0.25) is 0 Å². The Balaban J connectivity index is 1.37. The molecule has 30 atom stereocenters. The molecule has 4 amide bonds. The van der Waals surface area contributed by atoms with Gasteiger partial charge in [-0.25, -0.2) is 14.4 Å². The monoisotopic (exact) mass is 1730 g/mol. The molecule has 696 valence electrons. The molecule has 5 saturated heterocycles. The number of unbranched alkanes of at least 4 members (excludes halogenated alkanes) is 23. The molecule has 0 aromatic rings. The SMILES string of the molecule is CCCCCCCCCCCCC/C=C/[C@@H](O)[C@H](CO[C@@H]1OC(CO)[C@@H](O[C@@H]2OC(CO)[C@H](O)[C@H](O[C@]3(C(=O)O)CC(O)[C@@H](NC(C)=O)C([C@H](O)[C@@H](CO)O[C@]4(C(=O)O)CC(O)[C@@H](NC(C)=O)C([C@H](O)[C@@H](CO)O[C@]5(C(=O)O)CC(O)[C@@H](NC(C)=O)C([C@H](O)[C@H](O)CO)O5)O4)O3)C2O)[C@H](O)C1O)NC(=O)CCCCCCCCCCCCCCC. The maximum absolute atomic E-state index is 13.8. The molecule has 0 aromatic heterocycles. The molecule has 0 saturated carbocycles. The van der Waals surface area contributed by atoms with Gasteiger partial charge in [-0.05, 0) is 19.3 Å². The van der Waals surface area contributed by atoms with Gasteiger partial charge in [-0.15, -0.1) is 0 Å². The summed E-state index contributed by atoms with van der Waals surface area (Å²) in [5, 5.41) is 235. The normalized spacial score (nSPS) is 33.1. The Hall–Kier alpha value is -5.05. The van der Waals surface area contributed by atoms with E-state index in [2.05, 4.69) is 35.1 Å². The zero-order valence-electron chi connectivity index (χ0n) is 69.4. The van der Waals surface area contributed by atoms with E-state index in [-0.39, 0.29) is 6.42 Å². The second-order valence-electron chi connectivity index (χ2n) is 32.2. The van der Waals surface area contributed by atoms with Crippen LogP contribution in [0, 0.1) is 0 Å². The van der Waals surface area contributed by atoms with Crippen LogP contribution >= 0.6 is 0 Å². The number of carbonyl (C=O) groups excluding carboxylic acids is 4. The molecular formula is C79H138N4O37. The van der Waals surface area contributed by atoms with Crippen molar-refractivity contribution in [1.82, 2.24) is 21.3 Å². The maximum atomic E-state index is 13.8. The minimum atomic E-state index is -3.57. The van der Waals surface area contributed by atoms with Crippen molar-refractivity contribution in [2.75, 3.05) is 39.6 Å².